The molecule has 2 heterocycles. The van der Waals surface area contributed by atoms with Crippen LogP contribution in [0.3, 0.4) is 0 Å². The number of halogens is 1. The predicted octanol–water partition coefficient (Wildman–Crippen LogP) is 5.64. The summed E-state index contributed by atoms with van der Waals surface area (Å²) in [7, 11) is 8.64. The van der Waals surface area contributed by atoms with Crippen LogP contribution in [0.15, 0.2) is 54.6 Å². The molecule has 1 aliphatic heterocycles. The maximum atomic E-state index is 14.0. The lowest BCUT2D eigenvalue weighted by molar-refractivity contribution is 0.0984. The highest BCUT2D eigenvalue weighted by Gasteiger charge is 2.35. The summed E-state index contributed by atoms with van der Waals surface area (Å²) in [6.45, 7) is 0.874. The van der Waals surface area contributed by atoms with E-state index in [2.05, 4.69) is 4.98 Å². The number of rotatable bonds is 9. The molecule has 1 aromatic heterocycles. The van der Waals surface area contributed by atoms with Crippen molar-refractivity contribution in [2.75, 3.05) is 58.0 Å². The highest BCUT2D eigenvalue weighted by Crippen LogP contribution is 2.45. The fourth-order valence-corrected chi connectivity index (χ4v) is 5.85. The van der Waals surface area contributed by atoms with Crippen molar-refractivity contribution in [1.29, 1.82) is 0 Å². The number of anilines is 2. The Morgan fingerprint density at radius 1 is 1.10 bits per heavy atom. The lowest BCUT2D eigenvalue weighted by Crippen LogP contribution is -2.40. The highest BCUT2D eigenvalue weighted by molar-refractivity contribution is 6.19. The smallest absolute Gasteiger partial charge is 0.274 e. The van der Waals surface area contributed by atoms with E-state index in [0.717, 1.165) is 22.3 Å². The molecule has 0 aliphatic carbocycles. The number of hydrogen-bond donors (Lipinski definition) is 2. The summed E-state index contributed by atoms with van der Waals surface area (Å²) in [5, 5.41) is 22.0. The quantitative estimate of drug-likeness (QED) is 0.150. The molecule has 1 amide bonds. The van der Waals surface area contributed by atoms with Crippen LogP contribution in [-0.4, -0.2) is 63.9 Å². The number of methoxy groups -OCH3 is 3. The number of aromatic nitrogens is 1. The molecule has 0 fully saturated rings. The minimum atomic E-state index is -0.204. The van der Waals surface area contributed by atoms with Crippen LogP contribution < -0.4 is 28.8 Å². The molecule has 5 rings (SSSR count). The van der Waals surface area contributed by atoms with Gasteiger partial charge < -0.3 is 34.5 Å². The summed E-state index contributed by atoms with van der Waals surface area (Å²) in [6.07, 6.45) is 0. The van der Waals surface area contributed by atoms with Crippen LogP contribution in [0, 0.1) is 5.21 Å². The number of para-hydroxylation sites is 1. The Morgan fingerprint density at radius 3 is 2.49 bits per heavy atom. The average Bonchev–Trinajstić information content (AvgIpc) is 3.56. The number of aromatic amines is 1. The molecular weight excluding hydrogens is 548 g/mol. The van der Waals surface area contributed by atoms with Crippen molar-refractivity contribution < 1.29 is 24.2 Å². The first-order valence-corrected chi connectivity index (χ1v) is 13.6. The van der Waals surface area contributed by atoms with E-state index < -0.39 is 0 Å². The minimum absolute atomic E-state index is 0.0245. The van der Waals surface area contributed by atoms with Gasteiger partial charge in [0.2, 0.25) is 5.75 Å². The molecule has 4 aromatic rings. The summed E-state index contributed by atoms with van der Waals surface area (Å²) in [5.74, 6) is 1.52. The van der Waals surface area contributed by atoms with Gasteiger partial charge in [-0.1, -0.05) is 24.3 Å². The number of fused-ring (bicyclic) bond motifs is 2. The second kappa shape index (κ2) is 11.1. The van der Waals surface area contributed by atoms with E-state index in [1.165, 1.54) is 14.2 Å². The van der Waals surface area contributed by atoms with Gasteiger partial charge in [0.15, 0.2) is 11.5 Å². The predicted molar refractivity (Wildman–Crippen MR) is 161 cm³/mol. The monoisotopic (exact) mass is 580 g/mol. The van der Waals surface area contributed by atoms with Gasteiger partial charge in [0.1, 0.15) is 17.9 Å². The number of amides is 1. The molecule has 11 heteroatoms. The number of quaternary nitrogens is 1. The average molecular weight is 581 g/mol. The summed E-state index contributed by atoms with van der Waals surface area (Å²) in [6, 6.07) is 16.6. The van der Waals surface area contributed by atoms with Crippen LogP contribution in [0.1, 0.15) is 27.5 Å². The first kappa shape index (κ1) is 28.6. The fourth-order valence-electron chi connectivity index (χ4n) is 5.58. The largest absolute Gasteiger partial charge is 0.733 e. The number of benzene rings is 3. The molecule has 3 aromatic carbocycles. The van der Waals surface area contributed by atoms with Crippen molar-refractivity contribution >= 4 is 45.5 Å². The van der Waals surface area contributed by atoms with Gasteiger partial charge in [-0.2, -0.15) is 0 Å². The van der Waals surface area contributed by atoms with E-state index in [-0.39, 0.29) is 22.7 Å². The van der Waals surface area contributed by atoms with E-state index in [1.54, 1.807) is 36.3 Å². The standard InChI is InChI=1S/C30H33ClN4O6/c1-35(2,17-18-8-6-7-9-24(18)34(37)38)21-10-11-22-20(15-31)16-33(25(22)14-21)30(36)23-12-19-13-26(39-3)28(40-4)29(41-5)27(19)32-23/h6-14,20,32,37H,15-17H2,1-5H3. The molecule has 0 saturated carbocycles. The second-order valence-corrected chi connectivity index (χ2v) is 10.9. The molecule has 41 heavy (non-hydrogen) atoms. The number of carbonyl (C=O) groups excluding carboxylic acids is 1. The van der Waals surface area contributed by atoms with E-state index in [9.17, 15) is 15.2 Å². The van der Waals surface area contributed by atoms with Crippen molar-refractivity contribution in [3.63, 3.8) is 0 Å². The zero-order valence-electron chi connectivity index (χ0n) is 23.6. The summed E-state index contributed by atoms with van der Waals surface area (Å²) in [5.41, 5.74) is 4.61. The molecular formula is C30H33ClN4O6. The molecule has 0 radical (unpaired) electrons. The van der Waals surface area contributed by atoms with Crippen LogP contribution in [0.4, 0.5) is 17.1 Å². The molecule has 1 aliphatic rings. The van der Waals surface area contributed by atoms with Gasteiger partial charge >= 0.3 is 0 Å². The third kappa shape index (κ3) is 5.04. The van der Waals surface area contributed by atoms with Gasteiger partial charge in [0.25, 0.3) is 5.91 Å². The summed E-state index contributed by atoms with van der Waals surface area (Å²) in [4.78, 5) is 19.0. The third-order valence-corrected chi connectivity index (χ3v) is 8.06. The first-order chi connectivity index (χ1) is 19.6. The Morgan fingerprint density at radius 2 is 1.83 bits per heavy atom. The van der Waals surface area contributed by atoms with Crippen molar-refractivity contribution in [1.82, 2.24) is 9.47 Å². The van der Waals surface area contributed by atoms with E-state index in [1.807, 2.05) is 44.4 Å². The van der Waals surface area contributed by atoms with Crippen molar-refractivity contribution in [2.24, 2.45) is 0 Å². The number of hydrogen-bond acceptors (Lipinski definition) is 7. The molecule has 0 spiro atoms. The maximum absolute atomic E-state index is 14.0. The van der Waals surface area contributed by atoms with E-state index >= 15 is 0 Å². The minimum Gasteiger partial charge on any atom is -0.733 e. The van der Waals surface area contributed by atoms with Crippen molar-refractivity contribution in [3.8, 4) is 17.2 Å². The van der Waals surface area contributed by atoms with Gasteiger partial charge in [0, 0.05) is 35.4 Å². The number of carbonyl (C=O) groups is 1. The number of ether oxygens (including phenoxy) is 3. The van der Waals surface area contributed by atoms with Crippen LogP contribution >= 0.6 is 11.6 Å². The van der Waals surface area contributed by atoms with Gasteiger partial charge in [-0.25, -0.2) is 0 Å². The second-order valence-electron chi connectivity index (χ2n) is 10.5. The van der Waals surface area contributed by atoms with Crippen molar-refractivity contribution in [2.45, 2.75) is 12.5 Å². The van der Waals surface area contributed by atoms with Crippen LogP contribution in [0.25, 0.3) is 10.9 Å². The molecule has 1 unspecified atom stereocenters. The van der Waals surface area contributed by atoms with Gasteiger partial charge in [-0.15, -0.1) is 11.6 Å². The number of nitrogens with one attached hydrogen (secondary N) is 1. The Bertz CT molecular complexity index is 1600. The van der Waals surface area contributed by atoms with Crippen LogP contribution in [-0.2, 0) is 6.54 Å². The van der Waals surface area contributed by atoms with Crippen LogP contribution in [0.5, 0.6) is 17.2 Å². The lowest BCUT2D eigenvalue weighted by atomic mass is 10.0. The zero-order chi connectivity index (χ0) is 29.5. The molecule has 2 N–H and O–H groups in total. The van der Waals surface area contributed by atoms with Gasteiger partial charge in [0.05, 0.1) is 52.3 Å². The molecule has 0 bridgehead atoms. The van der Waals surface area contributed by atoms with Crippen LogP contribution in [0.2, 0.25) is 0 Å². The SMILES string of the molecule is COc1cc2cc(C(=O)N3CC(CCl)c4ccc([N+](C)(C)Cc5ccccc5N([O-])O)cc43)[nH]c2c(OC)c1OC. The summed E-state index contributed by atoms with van der Waals surface area (Å²) < 4.78 is 17.0. The molecule has 216 valence electrons. The highest BCUT2D eigenvalue weighted by atomic mass is 35.5. The topological polar surface area (TPSA) is 110 Å². The fraction of sp³-hybridized carbons (Fsp3) is 0.300. The Labute approximate surface area is 243 Å². The molecule has 0 saturated heterocycles. The normalized spacial score (nSPS) is 14.7. The summed E-state index contributed by atoms with van der Waals surface area (Å²) >= 11 is 6.35. The Kier molecular flexibility index (Phi) is 7.76. The van der Waals surface area contributed by atoms with Crippen molar-refractivity contribution in [3.05, 3.63) is 76.6 Å². The van der Waals surface area contributed by atoms with Gasteiger partial charge in [-0.3, -0.25) is 14.5 Å². The number of H-pyrrole nitrogens is 1. The number of nitrogens with zero attached hydrogens (tertiary/aromatic N) is 3. The zero-order valence-corrected chi connectivity index (χ0v) is 24.4. The maximum Gasteiger partial charge on any atom is 0.274 e. The Balaban J connectivity index is 1.53. The van der Waals surface area contributed by atoms with Gasteiger partial charge in [-0.05, 0) is 29.8 Å². The molecule has 10 nitrogen and oxygen atoms in total. The first-order valence-electron chi connectivity index (χ1n) is 13.0. The number of alkyl halides is 1. The Hall–Kier alpha value is -3.96. The third-order valence-electron chi connectivity index (χ3n) is 7.69. The van der Waals surface area contributed by atoms with E-state index in [0.29, 0.717) is 57.5 Å². The molecule has 1 atom stereocenters. The van der Waals surface area contributed by atoms with E-state index in [4.69, 9.17) is 25.8 Å². The lowest BCUT2D eigenvalue weighted by Gasteiger charge is -2.33.